The zero-order chi connectivity index (χ0) is 12.0. The molecule has 0 aromatic carbocycles. The van der Waals surface area contributed by atoms with Gasteiger partial charge in [0.15, 0.2) is 5.82 Å². The van der Waals surface area contributed by atoms with Crippen molar-refractivity contribution in [2.75, 3.05) is 6.54 Å². The molecule has 0 spiro atoms. The second kappa shape index (κ2) is 5.56. The van der Waals surface area contributed by atoms with Gasteiger partial charge in [-0.2, -0.15) is 4.98 Å². The average molecular weight is 218 g/mol. The fraction of sp³-hybridized carbons (Fsp3) is 0.300. The van der Waals surface area contributed by atoms with Crippen molar-refractivity contribution in [3.63, 3.8) is 0 Å². The fourth-order valence-corrected chi connectivity index (χ4v) is 1.11. The number of nitrogens with two attached hydrogens (primary N) is 1. The third kappa shape index (κ3) is 2.60. The van der Waals surface area contributed by atoms with Gasteiger partial charge in [-0.1, -0.05) is 5.92 Å². The predicted molar refractivity (Wildman–Crippen MR) is 62.5 cm³/mol. The maximum absolute atomic E-state index is 7.29. The Labute approximate surface area is 93.9 Å². The summed E-state index contributed by atoms with van der Waals surface area (Å²) in [5.74, 6) is 6.63. The zero-order valence-electron chi connectivity index (χ0n) is 9.26. The first-order valence-corrected chi connectivity index (χ1v) is 4.82. The number of aromatic amines is 1. The first-order chi connectivity index (χ1) is 7.72. The van der Waals surface area contributed by atoms with Gasteiger partial charge >= 0.3 is 0 Å². The highest BCUT2D eigenvalue weighted by atomic mass is 15.2. The molecule has 0 saturated carbocycles. The van der Waals surface area contributed by atoms with Gasteiger partial charge < -0.3 is 16.5 Å². The molecule has 1 aromatic rings. The summed E-state index contributed by atoms with van der Waals surface area (Å²) in [6, 6.07) is 0. The van der Waals surface area contributed by atoms with E-state index in [-0.39, 0.29) is 0 Å². The van der Waals surface area contributed by atoms with E-state index in [0.717, 1.165) is 6.21 Å². The van der Waals surface area contributed by atoms with E-state index in [1.54, 1.807) is 6.92 Å². The monoisotopic (exact) mass is 218 g/mol. The first kappa shape index (κ1) is 11.8. The Morgan fingerprint density at radius 2 is 2.44 bits per heavy atom. The van der Waals surface area contributed by atoms with Gasteiger partial charge in [0.05, 0.1) is 5.57 Å². The van der Waals surface area contributed by atoms with Gasteiger partial charge in [0.25, 0.3) is 0 Å². The molecule has 6 heteroatoms. The van der Waals surface area contributed by atoms with Gasteiger partial charge in [-0.25, -0.2) is 0 Å². The highest BCUT2D eigenvalue weighted by Gasteiger charge is 2.08. The molecule has 84 valence electrons. The molecule has 0 unspecified atom stereocenters. The summed E-state index contributed by atoms with van der Waals surface area (Å²) in [5, 5.41) is 16.8. The van der Waals surface area contributed by atoms with E-state index >= 15 is 0 Å². The van der Waals surface area contributed by atoms with Crippen LogP contribution < -0.4 is 11.1 Å². The molecule has 1 heterocycles. The Morgan fingerprint density at radius 1 is 1.69 bits per heavy atom. The van der Waals surface area contributed by atoms with E-state index in [1.807, 2.05) is 6.92 Å². The van der Waals surface area contributed by atoms with Crippen LogP contribution in [0.2, 0.25) is 0 Å². The smallest absolute Gasteiger partial charge is 0.225 e. The Balaban J connectivity index is 3.07. The van der Waals surface area contributed by atoms with Gasteiger partial charge in [-0.3, -0.25) is 5.10 Å². The third-order valence-electron chi connectivity index (χ3n) is 1.78. The summed E-state index contributed by atoms with van der Waals surface area (Å²) >= 11 is 0. The van der Waals surface area contributed by atoms with Crippen LogP contribution in [-0.4, -0.2) is 27.9 Å². The van der Waals surface area contributed by atoms with Crippen LogP contribution in [0.5, 0.6) is 0 Å². The second-order valence-corrected chi connectivity index (χ2v) is 2.88. The highest BCUT2D eigenvalue weighted by molar-refractivity contribution is 6.07. The van der Waals surface area contributed by atoms with Crippen LogP contribution in [0.1, 0.15) is 25.5 Å². The number of rotatable bonds is 4. The summed E-state index contributed by atoms with van der Waals surface area (Å²) in [6.45, 7) is 4.30. The van der Waals surface area contributed by atoms with Crippen molar-refractivity contribution in [3.8, 4) is 11.8 Å². The molecule has 0 radical (unpaired) electrons. The second-order valence-electron chi connectivity index (χ2n) is 2.88. The maximum Gasteiger partial charge on any atom is 0.225 e. The zero-order valence-corrected chi connectivity index (χ0v) is 9.26. The van der Waals surface area contributed by atoms with Crippen LogP contribution in [0, 0.1) is 17.3 Å². The lowest BCUT2D eigenvalue weighted by molar-refractivity contribution is 0.843. The molecular formula is C10H14N6. The van der Waals surface area contributed by atoms with Gasteiger partial charge in [0.1, 0.15) is 5.82 Å². The number of nitrogens with one attached hydrogen (secondary N) is 3. The minimum atomic E-state index is 0.390. The lowest BCUT2D eigenvalue weighted by Gasteiger charge is -2.05. The quantitative estimate of drug-likeness (QED) is 0.424. The number of H-pyrrole nitrogens is 1. The molecule has 0 amide bonds. The Hall–Kier alpha value is -2.29. The summed E-state index contributed by atoms with van der Waals surface area (Å²) in [7, 11) is 0. The van der Waals surface area contributed by atoms with Crippen molar-refractivity contribution in [2.45, 2.75) is 13.8 Å². The van der Waals surface area contributed by atoms with E-state index in [1.165, 1.54) is 0 Å². The van der Waals surface area contributed by atoms with Crippen LogP contribution in [0.4, 0.5) is 0 Å². The van der Waals surface area contributed by atoms with E-state index in [2.05, 4.69) is 32.3 Å². The molecule has 0 aliphatic carbocycles. The van der Waals surface area contributed by atoms with Crippen LogP contribution in [-0.2, 0) is 0 Å². The van der Waals surface area contributed by atoms with Crippen molar-refractivity contribution in [1.29, 1.82) is 5.41 Å². The Kier molecular flexibility index (Phi) is 4.09. The lowest BCUT2D eigenvalue weighted by atomic mass is 10.2. The van der Waals surface area contributed by atoms with Crippen molar-refractivity contribution in [2.24, 2.45) is 5.73 Å². The van der Waals surface area contributed by atoms with Gasteiger partial charge in [-0.15, -0.1) is 5.10 Å². The first-order valence-electron chi connectivity index (χ1n) is 4.82. The van der Waals surface area contributed by atoms with Crippen molar-refractivity contribution in [1.82, 2.24) is 20.5 Å². The maximum atomic E-state index is 7.29. The van der Waals surface area contributed by atoms with Crippen LogP contribution in [0.15, 0.2) is 5.82 Å². The number of allylic oxidation sites excluding steroid dienone is 1. The van der Waals surface area contributed by atoms with Gasteiger partial charge in [-0.05, 0) is 19.8 Å². The molecule has 6 nitrogen and oxygen atoms in total. The fourth-order valence-electron chi connectivity index (χ4n) is 1.11. The van der Waals surface area contributed by atoms with Crippen LogP contribution >= 0.6 is 0 Å². The normalized spacial score (nSPS) is 11.1. The molecule has 0 bridgehead atoms. The van der Waals surface area contributed by atoms with E-state index in [0.29, 0.717) is 29.6 Å². The van der Waals surface area contributed by atoms with Crippen molar-refractivity contribution in [3.05, 3.63) is 17.5 Å². The Morgan fingerprint density at radius 3 is 3.00 bits per heavy atom. The molecule has 1 aromatic heterocycles. The summed E-state index contributed by atoms with van der Waals surface area (Å²) < 4.78 is 0. The SMILES string of the molecule is CC#Cc1n[nH]c(/C(C=N)=C(\N)NCC)n1. The van der Waals surface area contributed by atoms with Crippen LogP contribution in [0.25, 0.3) is 5.57 Å². The van der Waals surface area contributed by atoms with E-state index in [4.69, 9.17) is 11.1 Å². The molecule has 0 atom stereocenters. The molecule has 16 heavy (non-hydrogen) atoms. The number of hydrogen-bond acceptors (Lipinski definition) is 5. The Bertz CT molecular complexity index is 459. The summed E-state index contributed by atoms with van der Waals surface area (Å²) in [5.41, 5.74) is 6.22. The largest absolute Gasteiger partial charge is 0.385 e. The van der Waals surface area contributed by atoms with E-state index in [9.17, 15) is 0 Å². The van der Waals surface area contributed by atoms with Gasteiger partial charge in [0, 0.05) is 12.8 Å². The lowest BCUT2D eigenvalue weighted by Crippen LogP contribution is -2.22. The number of hydrogen-bond donors (Lipinski definition) is 4. The molecule has 0 fully saturated rings. The average Bonchev–Trinajstić information content (AvgIpc) is 2.68. The third-order valence-corrected chi connectivity index (χ3v) is 1.78. The van der Waals surface area contributed by atoms with Gasteiger partial charge in [0.2, 0.25) is 5.82 Å². The number of aromatic nitrogens is 3. The highest BCUT2D eigenvalue weighted by Crippen LogP contribution is 2.07. The molecular weight excluding hydrogens is 204 g/mol. The molecule has 5 N–H and O–H groups in total. The summed E-state index contributed by atoms with van der Waals surface area (Å²) in [4.78, 5) is 4.11. The topological polar surface area (TPSA) is 103 Å². The van der Waals surface area contributed by atoms with Crippen molar-refractivity contribution >= 4 is 11.8 Å². The molecule has 0 aliphatic rings. The minimum Gasteiger partial charge on any atom is -0.385 e. The predicted octanol–water partition coefficient (Wildman–Crippen LogP) is 0.0625. The van der Waals surface area contributed by atoms with E-state index < -0.39 is 0 Å². The van der Waals surface area contributed by atoms with Crippen molar-refractivity contribution < 1.29 is 0 Å². The summed E-state index contributed by atoms with van der Waals surface area (Å²) in [6.07, 6.45) is 1.13. The minimum absolute atomic E-state index is 0.390. The molecule has 1 rings (SSSR count). The van der Waals surface area contributed by atoms with Crippen LogP contribution in [0.3, 0.4) is 0 Å². The molecule has 0 saturated heterocycles. The molecule has 0 aliphatic heterocycles. The number of nitrogens with zero attached hydrogens (tertiary/aromatic N) is 2. The standard InChI is InChI=1S/C10H14N6/c1-3-5-8-14-10(16-15-8)7(6-11)9(12)13-4-2/h6,11,13H,4,12H2,1-2H3,(H,14,15,16)/b9-7+,11-6?.